The smallest absolute Gasteiger partial charge is 0.225 e. The molecule has 23 heavy (non-hydrogen) atoms. The second-order valence-corrected chi connectivity index (χ2v) is 5.34. The average molecular weight is 313 g/mol. The van der Waals surface area contributed by atoms with E-state index in [0.29, 0.717) is 17.9 Å². The van der Waals surface area contributed by atoms with Crippen molar-refractivity contribution in [2.24, 2.45) is 0 Å². The van der Waals surface area contributed by atoms with Crippen molar-refractivity contribution in [3.63, 3.8) is 0 Å². The zero-order valence-corrected chi connectivity index (χ0v) is 13.4. The number of para-hydroxylation sites is 1. The van der Waals surface area contributed by atoms with Crippen molar-refractivity contribution in [1.29, 1.82) is 0 Å². The molecule has 2 aromatic rings. The van der Waals surface area contributed by atoms with E-state index < -0.39 is 0 Å². The van der Waals surface area contributed by atoms with Crippen LogP contribution in [0.5, 0.6) is 17.2 Å². The Morgan fingerprint density at radius 3 is 2.26 bits per heavy atom. The highest BCUT2D eigenvalue weighted by Gasteiger charge is 2.30. The molecule has 2 aromatic carbocycles. The van der Waals surface area contributed by atoms with Gasteiger partial charge in [0.25, 0.3) is 0 Å². The zero-order chi connectivity index (χ0) is 16.4. The van der Waals surface area contributed by atoms with Crippen LogP contribution in [-0.2, 0) is 4.79 Å². The van der Waals surface area contributed by atoms with Gasteiger partial charge in [-0.3, -0.25) is 4.79 Å². The van der Waals surface area contributed by atoms with Crippen LogP contribution in [0, 0.1) is 0 Å². The predicted molar refractivity (Wildman–Crippen MR) is 87.6 cm³/mol. The summed E-state index contributed by atoms with van der Waals surface area (Å²) < 4.78 is 16.2. The van der Waals surface area contributed by atoms with Crippen molar-refractivity contribution in [2.45, 2.75) is 12.3 Å². The first-order chi connectivity index (χ1) is 11.2. The second-order valence-electron chi connectivity index (χ2n) is 5.34. The van der Waals surface area contributed by atoms with Crippen LogP contribution in [0.3, 0.4) is 0 Å². The van der Waals surface area contributed by atoms with Crippen LogP contribution in [0.15, 0.2) is 36.4 Å². The van der Waals surface area contributed by atoms with Gasteiger partial charge in [-0.15, -0.1) is 0 Å². The highest BCUT2D eigenvalue weighted by Crippen LogP contribution is 2.44. The molecule has 0 bridgehead atoms. The van der Waals surface area contributed by atoms with Crippen LogP contribution in [0.4, 0.5) is 5.69 Å². The molecule has 0 spiro atoms. The summed E-state index contributed by atoms with van der Waals surface area (Å²) in [5, 5.41) is 2.91. The average Bonchev–Trinajstić information content (AvgIpc) is 2.59. The molecule has 0 radical (unpaired) electrons. The molecule has 0 unspecified atom stereocenters. The van der Waals surface area contributed by atoms with Gasteiger partial charge < -0.3 is 19.5 Å². The summed E-state index contributed by atoms with van der Waals surface area (Å²) in [4.78, 5) is 12.1. The van der Waals surface area contributed by atoms with Gasteiger partial charge in [0.05, 0.1) is 21.3 Å². The number of hydrogen-bond donors (Lipinski definition) is 1. The first-order valence-corrected chi connectivity index (χ1v) is 7.36. The minimum Gasteiger partial charge on any atom is -0.496 e. The molecule has 1 atom stereocenters. The van der Waals surface area contributed by atoms with E-state index in [2.05, 4.69) is 5.32 Å². The van der Waals surface area contributed by atoms with Gasteiger partial charge in [0.2, 0.25) is 5.91 Å². The first kappa shape index (κ1) is 15.2. The Bertz CT molecular complexity index is 742. The molecule has 0 saturated heterocycles. The summed E-state index contributed by atoms with van der Waals surface area (Å²) in [5.74, 6) is 1.89. The van der Waals surface area contributed by atoms with Crippen LogP contribution < -0.4 is 19.5 Å². The van der Waals surface area contributed by atoms with Crippen molar-refractivity contribution in [3.05, 3.63) is 47.5 Å². The molecule has 3 rings (SSSR count). The molecule has 0 fully saturated rings. The molecule has 120 valence electrons. The van der Waals surface area contributed by atoms with Gasteiger partial charge >= 0.3 is 0 Å². The molecular formula is C18H19NO4. The Morgan fingerprint density at radius 1 is 0.913 bits per heavy atom. The van der Waals surface area contributed by atoms with E-state index >= 15 is 0 Å². The number of rotatable bonds is 4. The Hall–Kier alpha value is -2.69. The normalized spacial score (nSPS) is 16.3. The van der Waals surface area contributed by atoms with Gasteiger partial charge in [-0.1, -0.05) is 18.2 Å². The summed E-state index contributed by atoms with van der Waals surface area (Å²) in [6, 6.07) is 11.5. The van der Waals surface area contributed by atoms with Gasteiger partial charge in [-0.25, -0.2) is 0 Å². The van der Waals surface area contributed by atoms with Crippen LogP contribution in [-0.4, -0.2) is 27.2 Å². The van der Waals surface area contributed by atoms with Crippen molar-refractivity contribution >= 4 is 11.6 Å². The Kier molecular flexibility index (Phi) is 4.10. The largest absolute Gasteiger partial charge is 0.496 e. The number of fused-ring (bicyclic) bond motifs is 1. The van der Waals surface area contributed by atoms with Crippen molar-refractivity contribution in [1.82, 2.24) is 0 Å². The standard InChI is InChI=1S/C18H19NO4/c1-21-15-7-5-4-6-11(15)12-9-18(20)19-14-10-17(23-3)16(22-2)8-13(12)14/h4-8,10,12H,9H2,1-3H3,(H,19,20)/t12-/m0/s1. The van der Waals surface area contributed by atoms with E-state index in [1.807, 2.05) is 30.3 Å². The molecule has 0 aliphatic carbocycles. The fourth-order valence-corrected chi connectivity index (χ4v) is 3.02. The number of carbonyl (C=O) groups is 1. The van der Waals surface area contributed by atoms with E-state index in [1.54, 1.807) is 27.4 Å². The van der Waals surface area contributed by atoms with E-state index in [-0.39, 0.29) is 11.8 Å². The van der Waals surface area contributed by atoms with Crippen molar-refractivity contribution < 1.29 is 19.0 Å². The van der Waals surface area contributed by atoms with Gasteiger partial charge in [0.15, 0.2) is 11.5 Å². The maximum absolute atomic E-state index is 12.1. The van der Waals surface area contributed by atoms with E-state index in [0.717, 1.165) is 22.6 Å². The molecule has 0 saturated carbocycles. The molecule has 5 heteroatoms. The van der Waals surface area contributed by atoms with Crippen LogP contribution >= 0.6 is 0 Å². The maximum atomic E-state index is 12.1. The van der Waals surface area contributed by atoms with Crippen LogP contribution in [0.1, 0.15) is 23.5 Å². The molecule has 5 nitrogen and oxygen atoms in total. The number of ether oxygens (including phenoxy) is 3. The van der Waals surface area contributed by atoms with E-state index in [4.69, 9.17) is 14.2 Å². The molecule has 0 aromatic heterocycles. The highest BCUT2D eigenvalue weighted by molar-refractivity contribution is 5.96. The van der Waals surface area contributed by atoms with Crippen LogP contribution in [0.25, 0.3) is 0 Å². The van der Waals surface area contributed by atoms with Crippen LogP contribution in [0.2, 0.25) is 0 Å². The minimum atomic E-state index is -0.0882. The Morgan fingerprint density at radius 2 is 1.57 bits per heavy atom. The number of nitrogens with one attached hydrogen (secondary N) is 1. The lowest BCUT2D eigenvalue weighted by Gasteiger charge is -2.28. The van der Waals surface area contributed by atoms with Crippen molar-refractivity contribution in [3.8, 4) is 17.2 Å². The third-order valence-corrected chi connectivity index (χ3v) is 4.11. The van der Waals surface area contributed by atoms with E-state index in [9.17, 15) is 4.79 Å². The topological polar surface area (TPSA) is 56.8 Å². The van der Waals surface area contributed by atoms with Gasteiger partial charge in [0.1, 0.15) is 5.75 Å². The summed E-state index contributed by atoms with van der Waals surface area (Å²) in [7, 11) is 4.81. The quantitative estimate of drug-likeness (QED) is 0.942. The Labute approximate surface area is 135 Å². The third-order valence-electron chi connectivity index (χ3n) is 4.11. The number of benzene rings is 2. The Balaban J connectivity index is 2.16. The second kappa shape index (κ2) is 6.20. The number of amides is 1. The lowest BCUT2D eigenvalue weighted by molar-refractivity contribution is -0.116. The first-order valence-electron chi connectivity index (χ1n) is 7.36. The minimum absolute atomic E-state index is 0.0272. The monoisotopic (exact) mass is 313 g/mol. The number of hydrogen-bond acceptors (Lipinski definition) is 4. The fraction of sp³-hybridized carbons (Fsp3) is 0.278. The van der Waals surface area contributed by atoms with Gasteiger partial charge in [-0.05, 0) is 17.7 Å². The highest BCUT2D eigenvalue weighted by atomic mass is 16.5. The van der Waals surface area contributed by atoms with Gasteiger partial charge in [0, 0.05) is 29.7 Å². The number of carbonyl (C=O) groups excluding carboxylic acids is 1. The summed E-state index contributed by atoms with van der Waals surface area (Å²) in [6.07, 6.45) is 0.364. The summed E-state index contributed by atoms with van der Waals surface area (Å²) >= 11 is 0. The zero-order valence-electron chi connectivity index (χ0n) is 13.4. The fourth-order valence-electron chi connectivity index (χ4n) is 3.02. The maximum Gasteiger partial charge on any atom is 0.225 e. The molecule has 1 heterocycles. The third kappa shape index (κ3) is 2.70. The summed E-state index contributed by atoms with van der Waals surface area (Å²) in [6.45, 7) is 0. The van der Waals surface area contributed by atoms with E-state index in [1.165, 1.54) is 0 Å². The number of methoxy groups -OCH3 is 3. The molecule has 1 aliphatic heterocycles. The lowest BCUT2D eigenvalue weighted by Crippen LogP contribution is -2.24. The summed E-state index contributed by atoms with van der Waals surface area (Å²) in [5.41, 5.74) is 2.72. The molecule has 1 N–H and O–H groups in total. The predicted octanol–water partition coefficient (Wildman–Crippen LogP) is 3.19. The lowest BCUT2D eigenvalue weighted by atomic mass is 9.84. The van der Waals surface area contributed by atoms with Gasteiger partial charge in [-0.2, -0.15) is 0 Å². The SMILES string of the molecule is COc1cc2c(cc1OC)[C@H](c1ccccc1OC)CC(=O)N2. The molecule has 1 amide bonds. The molecule has 1 aliphatic rings. The molecular weight excluding hydrogens is 294 g/mol. The number of anilines is 1. The van der Waals surface area contributed by atoms with Crippen molar-refractivity contribution in [2.75, 3.05) is 26.6 Å².